The van der Waals surface area contributed by atoms with Gasteiger partial charge in [-0.15, -0.1) is 0 Å². The van der Waals surface area contributed by atoms with Crippen LogP contribution in [0.1, 0.15) is 22.8 Å². The van der Waals surface area contributed by atoms with Crippen molar-refractivity contribution in [2.45, 2.75) is 19.2 Å². The van der Waals surface area contributed by atoms with Crippen molar-refractivity contribution in [1.82, 2.24) is 4.90 Å². The van der Waals surface area contributed by atoms with E-state index in [0.29, 0.717) is 31.1 Å². The van der Waals surface area contributed by atoms with Crippen LogP contribution in [0.15, 0.2) is 66.7 Å². The second-order valence-electron chi connectivity index (χ2n) is 7.47. The van der Waals surface area contributed by atoms with Gasteiger partial charge in [0.25, 0.3) is 0 Å². The Labute approximate surface area is 182 Å². The number of nitrogens with zero attached hydrogens (tertiary/aromatic N) is 1. The summed E-state index contributed by atoms with van der Waals surface area (Å²) < 4.78 is 21.8. The molecular formula is C25H27NO5. The fraction of sp³-hybridized carbons (Fsp3) is 0.280. The molecule has 6 nitrogen and oxygen atoms in total. The van der Waals surface area contributed by atoms with Crippen molar-refractivity contribution in [1.29, 1.82) is 0 Å². The molecule has 1 aliphatic heterocycles. The molecule has 0 bridgehead atoms. The molecule has 1 N–H and O–H groups in total. The summed E-state index contributed by atoms with van der Waals surface area (Å²) >= 11 is 0. The van der Waals surface area contributed by atoms with E-state index < -0.39 is 6.10 Å². The number of rotatable bonds is 9. The van der Waals surface area contributed by atoms with E-state index in [1.807, 2.05) is 66.7 Å². The first-order valence-corrected chi connectivity index (χ1v) is 10.2. The summed E-state index contributed by atoms with van der Waals surface area (Å²) in [4.78, 5) is 2.20. The van der Waals surface area contributed by atoms with Crippen molar-refractivity contribution in [3.63, 3.8) is 0 Å². The van der Waals surface area contributed by atoms with Crippen molar-refractivity contribution < 1.29 is 24.1 Å². The van der Waals surface area contributed by atoms with E-state index in [9.17, 15) is 5.11 Å². The molecule has 0 spiro atoms. The zero-order chi connectivity index (χ0) is 21.6. The molecule has 3 aromatic rings. The Bertz CT molecular complexity index is 1010. The smallest absolute Gasteiger partial charge is 0.231 e. The molecule has 1 unspecified atom stereocenters. The third-order valence-electron chi connectivity index (χ3n) is 5.31. The number of hydrogen-bond acceptors (Lipinski definition) is 6. The molecule has 4 rings (SSSR count). The molecule has 1 aliphatic rings. The van der Waals surface area contributed by atoms with Gasteiger partial charge in [0.05, 0.1) is 20.3 Å². The van der Waals surface area contributed by atoms with Crippen LogP contribution < -0.4 is 18.9 Å². The van der Waals surface area contributed by atoms with Gasteiger partial charge in [-0.05, 0) is 41.0 Å². The molecule has 1 heterocycles. The third kappa shape index (κ3) is 5.10. The van der Waals surface area contributed by atoms with Crippen molar-refractivity contribution in [3.05, 3.63) is 83.4 Å². The average molecular weight is 421 g/mol. The molecular weight excluding hydrogens is 394 g/mol. The molecule has 1 atom stereocenters. The third-order valence-corrected chi connectivity index (χ3v) is 5.31. The van der Waals surface area contributed by atoms with Gasteiger partial charge in [0.1, 0.15) is 0 Å². The van der Waals surface area contributed by atoms with Gasteiger partial charge in [-0.1, -0.05) is 42.5 Å². The Kier molecular flexibility index (Phi) is 6.60. The Balaban J connectivity index is 1.56. The molecule has 162 valence electrons. The predicted molar refractivity (Wildman–Crippen MR) is 118 cm³/mol. The summed E-state index contributed by atoms with van der Waals surface area (Å²) in [7, 11) is 3.25. The van der Waals surface area contributed by atoms with E-state index in [1.165, 1.54) is 0 Å². The van der Waals surface area contributed by atoms with E-state index in [4.69, 9.17) is 18.9 Å². The van der Waals surface area contributed by atoms with Crippen molar-refractivity contribution >= 4 is 0 Å². The zero-order valence-electron chi connectivity index (χ0n) is 17.8. The lowest BCUT2D eigenvalue weighted by atomic mass is 10.1. The minimum atomic E-state index is -0.602. The lowest BCUT2D eigenvalue weighted by molar-refractivity contribution is 0.105. The number of aliphatic hydroxyl groups is 1. The van der Waals surface area contributed by atoms with Gasteiger partial charge in [0.2, 0.25) is 6.79 Å². The fourth-order valence-corrected chi connectivity index (χ4v) is 3.74. The van der Waals surface area contributed by atoms with Crippen LogP contribution in [0, 0.1) is 0 Å². The highest BCUT2D eigenvalue weighted by molar-refractivity contribution is 5.45. The van der Waals surface area contributed by atoms with Gasteiger partial charge < -0.3 is 24.1 Å². The van der Waals surface area contributed by atoms with Crippen LogP contribution >= 0.6 is 0 Å². The summed E-state index contributed by atoms with van der Waals surface area (Å²) in [6.45, 7) is 2.02. The largest absolute Gasteiger partial charge is 0.493 e. The maximum absolute atomic E-state index is 10.9. The fourth-order valence-electron chi connectivity index (χ4n) is 3.74. The van der Waals surface area contributed by atoms with E-state index in [-0.39, 0.29) is 6.79 Å². The Morgan fingerprint density at radius 2 is 1.52 bits per heavy atom. The molecule has 6 heteroatoms. The maximum Gasteiger partial charge on any atom is 0.231 e. The van der Waals surface area contributed by atoms with E-state index in [0.717, 1.165) is 28.2 Å². The second-order valence-corrected chi connectivity index (χ2v) is 7.47. The van der Waals surface area contributed by atoms with Gasteiger partial charge >= 0.3 is 0 Å². The minimum absolute atomic E-state index is 0.251. The summed E-state index contributed by atoms with van der Waals surface area (Å²) in [5.74, 6) is 2.90. The molecule has 0 amide bonds. The highest BCUT2D eigenvalue weighted by Gasteiger charge is 2.18. The van der Waals surface area contributed by atoms with Crippen LogP contribution in [-0.2, 0) is 13.1 Å². The SMILES string of the molecule is COc1ccc(CN(Cc2ccc3c(c2)OCO3)CC(O)c2ccccc2)cc1OC. The highest BCUT2D eigenvalue weighted by atomic mass is 16.7. The summed E-state index contributed by atoms with van der Waals surface area (Å²) in [5.41, 5.74) is 3.05. The number of aliphatic hydroxyl groups excluding tert-OH is 1. The highest BCUT2D eigenvalue weighted by Crippen LogP contribution is 2.33. The van der Waals surface area contributed by atoms with Gasteiger partial charge in [-0.3, -0.25) is 4.90 Å². The molecule has 0 saturated carbocycles. The minimum Gasteiger partial charge on any atom is -0.493 e. The second kappa shape index (κ2) is 9.73. The van der Waals surface area contributed by atoms with E-state index in [1.54, 1.807) is 14.2 Å². The molecule has 0 aromatic heterocycles. The number of fused-ring (bicyclic) bond motifs is 1. The number of methoxy groups -OCH3 is 2. The van der Waals surface area contributed by atoms with Gasteiger partial charge in [-0.25, -0.2) is 0 Å². The van der Waals surface area contributed by atoms with Crippen LogP contribution in [0.2, 0.25) is 0 Å². The standard InChI is InChI=1S/C25H27NO5/c1-28-22-10-8-18(12-24(22)29-2)14-26(16-21(27)20-6-4-3-5-7-20)15-19-9-11-23-25(13-19)31-17-30-23/h3-13,21,27H,14-17H2,1-2H3. The van der Waals surface area contributed by atoms with Crippen LogP contribution in [-0.4, -0.2) is 37.6 Å². The molecule has 0 aliphatic carbocycles. The molecule has 31 heavy (non-hydrogen) atoms. The quantitative estimate of drug-likeness (QED) is 0.560. The first kappa shape index (κ1) is 21.0. The molecule has 0 saturated heterocycles. The topological polar surface area (TPSA) is 60.4 Å². The Morgan fingerprint density at radius 3 is 2.26 bits per heavy atom. The molecule has 0 fully saturated rings. The zero-order valence-corrected chi connectivity index (χ0v) is 17.8. The van der Waals surface area contributed by atoms with Crippen LogP contribution in [0.5, 0.6) is 23.0 Å². The Hall–Kier alpha value is -3.22. The van der Waals surface area contributed by atoms with Crippen molar-refractivity contribution in [2.24, 2.45) is 0 Å². The van der Waals surface area contributed by atoms with E-state index >= 15 is 0 Å². The normalized spacial score (nSPS) is 13.3. The van der Waals surface area contributed by atoms with Crippen molar-refractivity contribution in [3.8, 4) is 23.0 Å². The van der Waals surface area contributed by atoms with Crippen LogP contribution in [0.3, 0.4) is 0 Å². The van der Waals surface area contributed by atoms with Crippen molar-refractivity contribution in [2.75, 3.05) is 27.6 Å². The first-order chi connectivity index (χ1) is 15.2. The summed E-state index contributed by atoms with van der Waals surface area (Å²) in [5, 5.41) is 10.9. The van der Waals surface area contributed by atoms with Gasteiger partial charge in [0, 0.05) is 19.6 Å². The van der Waals surface area contributed by atoms with Crippen LogP contribution in [0.4, 0.5) is 0 Å². The predicted octanol–water partition coefficient (Wildman–Crippen LogP) is 4.17. The van der Waals surface area contributed by atoms with Crippen LogP contribution in [0.25, 0.3) is 0 Å². The maximum atomic E-state index is 10.9. The molecule has 3 aromatic carbocycles. The number of ether oxygens (including phenoxy) is 4. The summed E-state index contributed by atoms with van der Waals surface area (Å²) in [6.07, 6.45) is -0.602. The Morgan fingerprint density at radius 1 is 0.839 bits per heavy atom. The van der Waals surface area contributed by atoms with Gasteiger partial charge in [0.15, 0.2) is 23.0 Å². The lowest BCUT2D eigenvalue weighted by Crippen LogP contribution is -2.28. The number of hydrogen-bond donors (Lipinski definition) is 1. The molecule has 0 radical (unpaired) electrons. The first-order valence-electron chi connectivity index (χ1n) is 10.2. The lowest BCUT2D eigenvalue weighted by Gasteiger charge is -2.26. The van der Waals surface area contributed by atoms with Gasteiger partial charge in [-0.2, -0.15) is 0 Å². The number of benzene rings is 3. The monoisotopic (exact) mass is 421 g/mol. The average Bonchev–Trinajstić information content (AvgIpc) is 3.27. The summed E-state index contributed by atoms with van der Waals surface area (Å²) in [6, 6.07) is 21.6. The van der Waals surface area contributed by atoms with E-state index in [2.05, 4.69) is 4.90 Å².